The summed E-state index contributed by atoms with van der Waals surface area (Å²) in [5.41, 5.74) is 0. The molecule has 0 aliphatic rings. The molecule has 0 bridgehead atoms. The normalized spacial score (nSPS) is 15.3. The quantitative estimate of drug-likeness (QED) is 0.546. The molecule has 0 amide bonds. The third-order valence-corrected chi connectivity index (χ3v) is 2.69. The van der Waals surface area contributed by atoms with Gasteiger partial charge in [0.15, 0.2) is 0 Å². The van der Waals surface area contributed by atoms with E-state index in [1.54, 1.807) is 0 Å². The molecule has 1 unspecified atom stereocenters. The number of carbonyl (C=O) groups excluding carboxylic acids is 1. The number of esters is 1. The van der Waals surface area contributed by atoms with E-state index in [2.05, 4.69) is 4.74 Å². The molecule has 0 fully saturated rings. The van der Waals surface area contributed by atoms with E-state index in [4.69, 9.17) is 0 Å². The fourth-order valence-electron chi connectivity index (χ4n) is 1.45. The van der Waals surface area contributed by atoms with Crippen LogP contribution in [0.3, 0.4) is 0 Å². The first kappa shape index (κ1) is 19.0. The lowest BCUT2D eigenvalue weighted by Crippen LogP contribution is -2.53. The Bertz CT molecular complexity index is 336. The van der Waals surface area contributed by atoms with Crippen molar-refractivity contribution >= 4 is 5.97 Å². The Morgan fingerprint density at radius 2 is 1.50 bits per heavy atom. The zero-order valence-electron chi connectivity index (χ0n) is 11.0. The Hall–Kier alpha value is -1.02. The first-order valence-corrected chi connectivity index (χ1v) is 5.77. The lowest BCUT2D eigenvalue weighted by atomic mass is 9.87. The summed E-state index contributed by atoms with van der Waals surface area (Å²) >= 11 is 0. The second kappa shape index (κ2) is 6.17. The Morgan fingerprint density at radius 3 is 1.80 bits per heavy atom. The van der Waals surface area contributed by atoms with Crippen LogP contribution in [-0.2, 0) is 9.53 Å². The topological polar surface area (TPSA) is 26.3 Å². The molecule has 0 aromatic heterocycles. The van der Waals surface area contributed by atoms with E-state index in [0.29, 0.717) is 0 Å². The van der Waals surface area contributed by atoms with E-state index in [9.17, 15) is 35.5 Å². The smallest absolute Gasteiger partial charge is 0.459 e. The number of halogens is 7. The van der Waals surface area contributed by atoms with Gasteiger partial charge >= 0.3 is 24.0 Å². The van der Waals surface area contributed by atoms with Gasteiger partial charge < -0.3 is 4.74 Å². The minimum Gasteiger partial charge on any atom is -0.466 e. The predicted octanol–water partition coefficient (Wildman–Crippen LogP) is 4.04. The molecule has 0 rings (SSSR count). The summed E-state index contributed by atoms with van der Waals surface area (Å²) in [4.78, 5) is 11.4. The summed E-state index contributed by atoms with van der Waals surface area (Å²) in [6.45, 7) is 3.67. The second-order valence-corrected chi connectivity index (χ2v) is 4.58. The van der Waals surface area contributed by atoms with Gasteiger partial charge in [0.2, 0.25) is 0 Å². The lowest BCUT2D eigenvalue weighted by molar-refractivity contribution is -0.357. The minimum atomic E-state index is -6.40. The van der Waals surface area contributed by atoms with E-state index in [1.807, 2.05) is 0 Å². The predicted molar refractivity (Wildman–Crippen MR) is 55.5 cm³/mol. The van der Waals surface area contributed by atoms with Gasteiger partial charge in [-0.2, -0.15) is 30.7 Å². The van der Waals surface area contributed by atoms with Crippen molar-refractivity contribution in [2.45, 2.75) is 45.2 Å². The first-order chi connectivity index (χ1) is 8.78. The van der Waals surface area contributed by atoms with Crippen LogP contribution >= 0.6 is 0 Å². The van der Waals surface area contributed by atoms with Crippen LogP contribution in [0.1, 0.15) is 27.2 Å². The van der Waals surface area contributed by atoms with Crippen LogP contribution in [0, 0.1) is 11.8 Å². The van der Waals surface area contributed by atoms with E-state index in [1.165, 1.54) is 20.8 Å². The highest BCUT2D eigenvalue weighted by Gasteiger charge is 2.73. The van der Waals surface area contributed by atoms with Gasteiger partial charge in [-0.15, -0.1) is 0 Å². The van der Waals surface area contributed by atoms with Crippen LogP contribution in [-0.4, -0.2) is 30.6 Å². The number of rotatable bonds is 6. The van der Waals surface area contributed by atoms with Gasteiger partial charge in [0.1, 0.15) is 0 Å². The molecular weight excluding hydrogens is 297 g/mol. The van der Waals surface area contributed by atoms with Crippen molar-refractivity contribution < 1.29 is 40.3 Å². The van der Waals surface area contributed by atoms with E-state index in [-0.39, 0.29) is 6.61 Å². The number of ether oxygens (including phenoxy) is 1. The summed E-state index contributed by atoms with van der Waals surface area (Å²) in [5.74, 6) is -15.4. The fourth-order valence-corrected chi connectivity index (χ4v) is 1.45. The number of carbonyl (C=O) groups is 1. The van der Waals surface area contributed by atoms with Gasteiger partial charge in [0.05, 0.1) is 12.5 Å². The average molecular weight is 312 g/mol. The molecule has 20 heavy (non-hydrogen) atoms. The van der Waals surface area contributed by atoms with E-state index < -0.39 is 42.2 Å². The van der Waals surface area contributed by atoms with Crippen molar-refractivity contribution in [2.24, 2.45) is 11.8 Å². The van der Waals surface area contributed by atoms with Crippen LogP contribution in [0.4, 0.5) is 30.7 Å². The molecular formula is C11H15F7O2. The van der Waals surface area contributed by atoms with Gasteiger partial charge in [-0.05, 0) is 12.8 Å². The van der Waals surface area contributed by atoms with Crippen LogP contribution in [0.2, 0.25) is 0 Å². The second-order valence-electron chi connectivity index (χ2n) is 4.58. The third kappa shape index (κ3) is 3.99. The largest absolute Gasteiger partial charge is 0.466 e. The molecule has 1 atom stereocenters. The van der Waals surface area contributed by atoms with Gasteiger partial charge in [-0.3, -0.25) is 4.79 Å². The Morgan fingerprint density at radius 1 is 1.05 bits per heavy atom. The van der Waals surface area contributed by atoms with Gasteiger partial charge in [0.25, 0.3) is 0 Å². The molecule has 0 heterocycles. The molecule has 0 aromatic carbocycles. The van der Waals surface area contributed by atoms with Crippen LogP contribution in [0.15, 0.2) is 0 Å². The monoisotopic (exact) mass is 312 g/mol. The Kier molecular flexibility index (Phi) is 5.86. The van der Waals surface area contributed by atoms with Crippen LogP contribution in [0.25, 0.3) is 0 Å². The maximum atomic E-state index is 13.2. The zero-order valence-corrected chi connectivity index (χ0v) is 11.0. The van der Waals surface area contributed by atoms with Crippen LogP contribution in [0.5, 0.6) is 0 Å². The zero-order chi connectivity index (χ0) is 16.4. The van der Waals surface area contributed by atoms with Gasteiger partial charge in [0, 0.05) is 6.42 Å². The van der Waals surface area contributed by atoms with Crippen LogP contribution < -0.4 is 0 Å². The lowest BCUT2D eigenvalue weighted by Gasteiger charge is -2.31. The molecule has 0 radical (unpaired) electrons. The molecule has 0 saturated carbocycles. The Balaban J connectivity index is 5.26. The number of hydrogen-bond donors (Lipinski definition) is 0. The Labute approximate surface area is 111 Å². The summed E-state index contributed by atoms with van der Waals surface area (Å²) in [6, 6.07) is 0. The third-order valence-electron chi connectivity index (χ3n) is 2.69. The summed E-state index contributed by atoms with van der Waals surface area (Å²) in [5, 5.41) is 0. The SMILES string of the molecule is CCOC(=O)C(CC(F)(F)C(F)(F)C(F)(F)F)C(C)C. The average Bonchev–Trinajstić information content (AvgIpc) is 2.23. The molecule has 0 aromatic rings. The highest BCUT2D eigenvalue weighted by Crippen LogP contribution is 2.49. The molecule has 2 nitrogen and oxygen atoms in total. The minimum absolute atomic E-state index is 0.191. The van der Waals surface area contributed by atoms with Crippen molar-refractivity contribution in [3.05, 3.63) is 0 Å². The van der Waals surface area contributed by atoms with Gasteiger partial charge in [-0.25, -0.2) is 0 Å². The van der Waals surface area contributed by atoms with Crippen molar-refractivity contribution in [3.8, 4) is 0 Å². The highest BCUT2D eigenvalue weighted by atomic mass is 19.4. The summed E-state index contributed by atoms with van der Waals surface area (Å²) in [6.07, 6.45) is -8.33. The number of hydrogen-bond acceptors (Lipinski definition) is 2. The molecule has 0 aliphatic carbocycles. The molecule has 120 valence electrons. The van der Waals surface area contributed by atoms with Crippen molar-refractivity contribution in [2.75, 3.05) is 6.61 Å². The maximum Gasteiger partial charge on any atom is 0.459 e. The molecule has 0 spiro atoms. The molecule has 0 N–H and O–H groups in total. The van der Waals surface area contributed by atoms with Crippen molar-refractivity contribution in [1.29, 1.82) is 0 Å². The fraction of sp³-hybridized carbons (Fsp3) is 0.909. The van der Waals surface area contributed by atoms with Crippen molar-refractivity contribution in [3.63, 3.8) is 0 Å². The maximum absolute atomic E-state index is 13.2. The number of alkyl halides is 7. The first-order valence-electron chi connectivity index (χ1n) is 5.77. The van der Waals surface area contributed by atoms with Gasteiger partial charge in [-0.1, -0.05) is 13.8 Å². The van der Waals surface area contributed by atoms with Crippen molar-refractivity contribution in [1.82, 2.24) is 0 Å². The van der Waals surface area contributed by atoms with E-state index in [0.717, 1.165) is 0 Å². The molecule has 9 heteroatoms. The van der Waals surface area contributed by atoms with E-state index >= 15 is 0 Å². The molecule has 0 aliphatic heterocycles. The highest BCUT2D eigenvalue weighted by molar-refractivity contribution is 5.72. The standard InChI is InChI=1S/C11H15F7O2/c1-4-20-8(19)7(6(2)3)5-9(12,13)10(14,15)11(16,17)18/h6-7H,4-5H2,1-3H3. The summed E-state index contributed by atoms with van der Waals surface area (Å²) in [7, 11) is 0. The summed E-state index contributed by atoms with van der Waals surface area (Å²) < 4.78 is 92.3. The molecule has 0 saturated heterocycles.